The van der Waals surface area contributed by atoms with Gasteiger partial charge < -0.3 is 10.1 Å². The monoisotopic (exact) mass is 364 g/mol. The van der Waals surface area contributed by atoms with E-state index in [1.54, 1.807) is 54.6 Å². The van der Waals surface area contributed by atoms with Crippen LogP contribution in [0.15, 0.2) is 54.6 Å². The molecule has 0 saturated heterocycles. The maximum Gasteiger partial charge on any atom is 0.434 e. The smallest absolute Gasteiger partial charge is 0.434 e. The maximum atomic E-state index is 13.3. The number of rotatable bonds is 5. The van der Waals surface area contributed by atoms with Gasteiger partial charge >= 0.3 is 6.18 Å². The van der Waals surface area contributed by atoms with Crippen molar-refractivity contribution < 1.29 is 17.9 Å². The zero-order valence-corrected chi connectivity index (χ0v) is 14.1. The Morgan fingerprint density at radius 2 is 1.72 bits per heavy atom. The van der Waals surface area contributed by atoms with Crippen molar-refractivity contribution >= 4 is 22.2 Å². The van der Waals surface area contributed by atoms with Crippen LogP contribution in [0.4, 0.5) is 24.0 Å². The molecule has 0 fully saturated rings. The Bertz CT molecular complexity index is 830. The molecule has 3 nitrogen and oxygen atoms in total. The summed E-state index contributed by atoms with van der Waals surface area (Å²) in [7, 11) is 0. The first-order valence-corrected chi connectivity index (χ1v) is 8.42. The molecule has 3 aromatic rings. The highest BCUT2D eigenvalue weighted by atomic mass is 32.1. The van der Waals surface area contributed by atoms with Gasteiger partial charge in [0.05, 0.1) is 11.5 Å². The molecule has 0 aliphatic carbocycles. The van der Waals surface area contributed by atoms with Crippen molar-refractivity contribution in [3.8, 4) is 16.2 Å². The Balaban J connectivity index is 1.91. The quantitative estimate of drug-likeness (QED) is 0.605. The first-order chi connectivity index (χ1) is 12.0. The van der Waals surface area contributed by atoms with Crippen molar-refractivity contribution in [1.29, 1.82) is 0 Å². The van der Waals surface area contributed by atoms with Crippen molar-refractivity contribution in [3.63, 3.8) is 0 Å². The molecule has 0 spiro atoms. The second-order valence-corrected chi connectivity index (χ2v) is 6.14. The van der Waals surface area contributed by atoms with Gasteiger partial charge in [-0.2, -0.15) is 13.2 Å². The molecule has 0 saturated carbocycles. The first-order valence-electron chi connectivity index (χ1n) is 7.60. The normalized spacial score (nSPS) is 11.4. The van der Waals surface area contributed by atoms with Crippen LogP contribution in [0.25, 0.3) is 10.4 Å². The third-order valence-corrected chi connectivity index (χ3v) is 4.37. The van der Waals surface area contributed by atoms with Crippen LogP contribution in [0, 0.1) is 0 Å². The van der Waals surface area contributed by atoms with E-state index in [4.69, 9.17) is 4.74 Å². The summed E-state index contributed by atoms with van der Waals surface area (Å²) in [4.78, 5) is 3.86. The molecule has 0 bridgehead atoms. The highest BCUT2D eigenvalue weighted by Crippen LogP contribution is 2.42. The number of anilines is 2. The zero-order chi connectivity index (χ0) is 17.9. The van der Waals surface area contributed by atoms with Gasteiger partial charge in [0, 0.05) is 5.69 Å². The van der Waals surface area contributed by atoms with Gasteiger partial charge in [-0.3, -0.25) is 0 Å². The summed E-state index contributed by atoms with van der Waals surface area (Å²) in [5.74, 6) is 0.702. The minimum atomic E-state index is -4.51. The second kappa shape index (κ2) is 7.14. The molecule has 0 unspecified atom stereocenters. The van der Waals surface area contributed by atoms with E-state index in [-0.39, 0.29) is 10.0 Å². The minimum absolute atomic E-state index is 0.0986. The molecule has 2 aromatic carbocycles. The highest BCUT2D eigenvalue weighted by molar-refractivity contribution is 7.19. The average molecular weight is 364 g/mol. The van der Waals surface area contributed by atoms with E-state index in [2.05, 4.69) is 10.3 Å². The molecule has 1 heterocycles. The van der Waals surface area contributed by atoms with Crippen LogP contribution in [0.2, 0.25) is 0 Å². The number of thiazole rings is 1. The number of hydrogen-bond acceptors (Lipinski definition) is 4. The van der Waals surface area contributed by atoms with Gasteiger partial charge in [0.25, 0.3) is 0 Å². The van der Waals surface area contributed by atoms with E-state index >= 15 is 0 Å². The number of nitrogens with one attached hydrogen (secondary N) is 1. The van der Waals surface area contributed by atoms with Crippen LogP contribution in [0.1, 0.15) is 12.6 Å². The highest BCUT2D eigenvalue weighted by Gasteiger charge is 2.38. The molecule has 1 aromatic heterocycles. The Morgan fingerprint density at radius 1 is 1.04 bits per heavy atom. The number of halogens is 3. The summed E-state index contributed by atoms with van der Waals surface area (Å²) in [6.45, 7) is 2.43. The lowest BCUT2D eigenvalue weighted by Crippen LogP contribution is -2.07. The van der Waals surface area contributed by atoms with Crippen LogP contribution >= 0.6 is 11.3 Å². The summed E-state index contributed by atoms with van der Waals surface area (Å²) in [5.41, 5.74) is 0.259. The largest absolute Gasteiger partial charge is 0.494 e. The SMILES string of the molecule is CCOc1ccc(Nc2nc(C(F)(F)F)c(-c3ccccc3)s2)cc1. The molecule has 0 aliphatic rings. The van der Waals surface area contributed by atoms with Crippen LogP contribution in [-0.2, 0) is 6.18 Å². The van der Waals surface area contributed by atoms with Crippen LogP contribution in [-0.4, -0.2) is 11.6 Å². The fourth-order valence-electron chi connectivity index (χ4n) is 2.28. The molecule has 3 rings (SSSR count). The summed E-state index contributed by atoms with van der Waals surface area (Å²) < 4.78 is 45.3. The summed E-state index contributed by atoms with van der Waals surface area (Å²) >= 11 is 0.975. The predicted octanol–water partition coefficient (Wildman–Crippen LogP) is 5.97. The number of alkyl halides is 3. The maximum absolute atomic E-state index is 13.3. The summed E-state index contributed by atoms with van der Waals surface area (Å²) in [6, 6.07) is 15.4. The number of aromatic nitrogens is 1. The van der Waals surface area contributed by atoms with Crippen LogP contribution < -0.4 is 10.1 Å². The van der Waals surface area contributed by atoms with E-state index in [0.29, 0.717) is 23.6 Å². The van der Waals surface area contributed by atoms with Gasteiger partial charge in [-0.05, 0) is 36.8 Å². The fourth-order valence-corrected chi connectivity index (χ4v) is 3.29. The van der Waals surface area contributed by atoms with E-state index in [9.17, 15) is 13.2 Å². The topological polar surface area (TPSA) is 34.1 Å². The van der Waals surface area contributed by atoms with Crippen LogP contribution in [0.5, 0.6) is 5.75 Å². The Kier molecular flexibility index (Phi) is 4.94. The van der Waals surface area contributed by atoms with Gasteiger partial charge in [-0.25, -0.2) is 4.98 Å². The van der Waals surface area contributed by atoms with Gasteiger partial charge in [-0.1, -0.05) is 41.7 Å². The molecular weight excluding hydrogens is 349 g/mol. The van der Waals surface area contributed by atoms with Crippen molar-refractivity contribution in [2.24, 2.45) is 0 Å². The molecular formula is C18H15F3N2OS. The zero-order valence-electron chi connectivity index (χ0n) is 13.3. The third kappa shape index (κ3) is 4.11. The standard InChI is InChI=1S/C18H15F3N2OS/c1-2-24-14-10-8-13(9-11-14)22-17-23-16(18(19,20)21)15(25-17)12-6-4-3-5-7-12/h3-11H,2H2,1H3,(H,22,23). The Morgan fingerprint density at radius 3 is 2.32 bits per heavy atom. The molecule has 0 amide bonds. The number of nitrogens with zero attached hydrogens (tertiary/aromatic N) is 1. The van der Waals surface area contributed by atoms with Gasteiger partial charge in [0.2, 0.25) is 0 Å². The second-order valence-electron chi connectivity index (χ2n) is 5.14. The lowest BCUT2D eigenvalue weighted by molar-refractivity contribution is -0.140. The van der Waals surface area contributed by atoms with Gasteiger partial charge in [-0.15, -0.1) is 0 Å². The molecule has 0 aliphatic heterocycles. The summed E-state index contributed by atoms with van der Waals surface area (Å²) in [5, 5.41) is 3.12. The van der Waals surface area contributed by atoms with Gasteiger partial charge in [0.15, 0.2) is 10.8 Å². The molecule has 25 heavy (non-hydrogen) atoms. The van der Waals surface area contributed by atoms with Crippen LogP contribution in [0.3, 0.4) is 0 Å². The molecule has 0 atom stereocenters. The lowest BCUT2D eigenvalue weighted by atomic mass is 10.1. The van der Waals surface area contributed by atoms with E-state index in [1.165, 1.54) is 0 Å². The van der Waals surface area contributed by atoms with Crippen molar-refractivity contribution in [2.45, 2.75) is 13.1 Å². The number of benzene rings is 2. The first kappa shape index (κ1) is 17.3. The van der Waals surface area contributed by atoms with Crippen molar-refractivity contribution in [2.75, 3.05) is 11.9 Å². The van der Waals surface area contributed by atoms with E-state index in [1.807, 2.05) is 6.92 Å². The number of ether oxygens (including phenoxy) is 1. The molecule has 1 N–H and O–H groups in total. The molecule has 7 heteroatoms. The Hall–Kier alpha value is -2.54. The minimum Gasteiger partial charge on any atom is -0.494 e. The van der Waals surface area contributed by atoms with Gasteiger partial charge in [0.1, 0.15) is 5.75 Å². The fraction of sp³-hybridized carbons (Fsp3) is 0.167. The predicted molar refractivity (Wildman–Crippen MR) is 93.4 cm³/mol. The Labute approximate surface area is 147 Å². The third-order valence-electron chi connectivity index (χ3n) is 3.35. The van der Waals surface area contributed by atoms with E-state index in [0.717, 1.165) is 11.3 Å². The summed E-state index contributed by atoms with van der Waals surface area (Å²) in [6.07, 6.45) is -4.51. The molecule has 130 valence electrons. The van der Waals surface area contributed by atoms with Crippen molar-refractivity contribution in [3.05, 3.63) is 60.3 Å². The van der Waals surface area contributed by atoms with E-state index < -0.39 is 11.9 Å². The average Bonchev–Trinajstić information content (AvgIpc) is 3.02. The lowest BCUT2D eigenvalue weighted by Gasteiger charge is -2.06. The molecule has 0 radical (unpaired) electrons. The van der Waals surface area contributed by atoms with Crippen molar-refractivity contribution in [1.82, 2.24) is 4.98 Å². The number of hydrogen-bond donors (Lipinski definition) is 1.